The molecule has 0 saturated carbocycles. The Kier molecular flexibility index (Phi) is 6.86. The monoisotopic (exact) mass is 324 g/mol. The van der Waals surface area contributed by atoms with Gasteiger partial charge in [0.2, 0.25) is 0 Å². The van der Waals surface area contributed by atoms with Gasteiger partial charge in [-0.3, -0.25) is 9.69 Å². The molecule has 6 heteroatoms. The van der Waals surface area contributed by atoms with Crippen molar-refractivity contribution in [2.75, 3.05) is 26.2 Å². The molecular formula is C16H24N2O3S. The second-order valence-corrected chi connectivity index (χ2v) is 6.39. The Labute approximate surface area is 135 Å². The topological polar surface area (TPSA) is 58.6 Å². The summed E-state index contributed by atoms with van der Waals surface area (Å²) in [6.07, 6.45) is 4.91. The Bertz CT molecular complexity index is 468. The van der Waals surface area contributed by atoms with Gasteiger partial charge in [0.25, 0.3) is 0 Å². The maximum Gasteiger partial charge on any atom is 0.396 e. The third kappa shape index (κ3) is 4.81. The summed E-state index contributed by atoms with van der Waals surface area (Å²) in [6.45, 7) is 4.43. The van der Waals surface area contributed by atoms with E-state index in [9.17, 15) is 9.59 Å². The molecule has 5 nitrogen and oxygen atoms in total. The minimum Gasteiger partial charge on any atom is -0.459 e. The number of ether oxygens (including phenoxy) is 1. The quantitative estimate of drug-likeness (QED) is 0.667. The summed E-state index contributed by atoms with van der Waals surface area (Å²) in [5.41, 5.74) is 0. The lowest BCUT2D eigenvalue weighted by Crippen LogP contribution is -2.41. The minimum absolute atomic E-state index is 0.136. The Hall–Kier alpha value is -1.40. The number of amides is 1. The largest absolute Gasteiger partial charge is 0.459 e. The zero-order chi connectivity index (χ0) is 15.8. The lowest BCUT2D eigenvalue weighted by Gasteiger charge is -2.30. The van der Waals surface area contributed by atoms with Gasteiger partial charge in [0.15, 0.2) is 0 Å². The molecule has 1 atom stereocenters. The maximum atomic E-state index is 11.8. The van der Waals surface area contributed by atoms with Crippen molar-refractivity contribution >= 4 is 23.2 Å². The summed E-state index contributed by atoms with van der Waals surface area (Å²) in [7, 11) is 0. The van der Waals surface area contributed by atoms with Crippen LogP contribution in [0.25, 0.3) is 0 Å². The number of nitrogens with one attached hydrogen (secondary N) is 1. The van der Waals surface area contributed by atoms with Crippen molar-refractivity contribution in [3.63, 3.8) is 0 Å². The van der Waals surface area contributed by atoms with E-state index in [-0.39, 0.29) is 12.6 Å². The summed E-state index contributed by atoms with van der Waals surface area (Å²) >= 11 is 1.69. The highest BCUT2D eigenvalue weighted by molar-refractivity contribution is 7.10. The van der Waals surface area contributed by atoms with Crippen LogP contribution < -0.4 is 5.32 Å². The molecule has 0 radical (unpaired) electrons. The molecule has 1 aromatic rings. The van der Waals surface area contributed by atoms with Crippen LogP contribution in [0.3, 0.4) is 0 Å². The number of rotatable bonds is 5. The Morgan fingerprint density at radius 2 is 2.05 bits per heavy atom. The first-order chi connectivity index (χ1) is 10.7. The minimum atomic E-state index is -0.803. The Morgan fingerprint density at radius 1 is 1.32 bits per heavy atom. The smallest absolute Gasteiger partial charge is 0.396 e. The highest BCUT2D eigenvalue weighted by Gasteiger charge is 2.24. The summed E-state index contributed by atoms with van der Waals surface area (Å²) in [5, 5.41) is 4.77. The summed E-state index contributed by atoms with van der Waals surface area (Å²) in [6, 6.07) is 4.26. The third-order valence-corrected chi connectivity index (χ3v) is 4.84. The zero-order valence-electron chi connectivity index (χ0n) is 13.0. The average Bonchev–Trinajstić information content (AvgIpc) is 2.90. The molecule has 0 aromatic carbocycles. The summed E-state index contributed by atoms with van der Waals surface area (Å²) in [4.78, 5) is 26.8. The van der Waals surface area contributed by atoms with E-state index in [2.05, 4.69) is 16.3 Å². The van der Waals surface area contributed by atoms with E-state index >= 15 is 0 Å². The van der Waals surface area contributed by atoms with Crippen LogP contribution in [0, 0.1) is 0 Å². The Balaban J connectivity index is 1.99. The molecule has 1 saturated heterocycles. The molecule has 1 fully saturated rings. The van der Waals surface area contributed by atoms with Gasteiger partial charge in [0.1, 0.15) is 0 Å². The number of thiophene rings is 1. The van der Waals surface area contributed by atoms with Crippen LogP contribution in [0.4, 0.5) is 0 Å². The average molecular weight is 324 g/mol. The molecule has 1 unspecified atom stereocenters. The van der Waals surface area contributed by atoms with Gasteiger partial charge < -0.3 is 10.1 Å². The molecule has 122 valence electrons. The fraction of sp³-hybridized carbons (Fsp3) is 0.625. The summed E-state index contributed by atoms with van der Waals surface area (Å²) < 4.78 is 4.73. The highest BCUT2D eigenvalue weighted by atomic mass is 32.1. The molecule has 0 bridgehead atoms. The van der Waals surface area contributed by atoms with E-state index in [4.69, 9.17) is 4.74 Å². The third-order valence-electron chi connectivity index (χ3n) is 3.87. The SMILES string of the molecule is CCOC(=O)C(=O)NCC(c1cccs1)N1CCCCCC1. The first-order valence-corrected chi connectivity index (χ1v) is 8.82. The van der Waals surface area contributed by atoms with Crippen molar-refractivity contribution in [2.24, 2.45) is 0 Å². The lowest BCUT2D eigenvalue weighted by molar-refractivity contribution is -0.154. The molecule has 1 aliphatic rings. The number of likely N-dealkylation sites (tertiary alicyclic amines) is 1. The van der Waals surface area contributed by atoms with Crippen molar-refractivity contribution in [1.29, 1.82) is 0 Å². The first kappa shape index (κ1) is 17.0. The van der Waals surface area contributed by atoms with E-state index in [0.717, 1.165) is 13.1 Å². The van der Waals surface area contributed by atoms with E-state index in [1.54, 1.807) is 18.3 Å². The molecule has 1 N–H and O–H groups in total. The molecule has 1 aromatic heterocycles. The molecule has 1 aliphatic heterocycles. The van der Waals surface area contributed by atoms with Gasteiger partial charge in [0.05, 0.1) is 12.6 Å². The van der Waals surface area contributed by atoms with Crippen LogP contribution in [0.2, 0.25) is 0 Å². The van der Waals surface area contributed by atoms with Crippen molar-refractivity contribution in [3.05, 3.63) is 22.4 Å². The number of esters is 1. The van der Waals surface area contributed by atoms with Gasteiger partial charge in [-0.1, -0.05) is 18.9 Å². The number of hydrogen-bond donors (Lipinski definition) is 1. The van der Waals surface area contributed by atoms with E-state index in [0.29, 0.717) is 6.54 Å². The zero-order valence-corrected chi connectivity index (χ0v) is 13.9. The number of carbonyl (C=O) groups is 2. The van der Waals surface area contributed by atoms with Crippen molar-refractivity contribution in [2.45, 2.75) is 38.6 Å². The second-order valence-electron chi connectivity index (χ2n) is 5.41. The fourth-order valence-corrected chi connectivity index (χ4v) is 3.62. The number of carbonyl (C=O) groups excluding carboxylic acids is 2. The van der Waals surface area contributed by atoms with Crippen LogP contribution in [-0.2, 0) is 14.3 Å². The highest BCUT2D eigenvalue weighted by Crippen LogP contribution is 2.27. The predicted octanol–water partition coefficient (Wildman–Crippen LogP) is 2.34. The van der Waals surface area contributed by atoms with Gasteiger partial charge >= 0.3 is 11.9 Å². The molecule has 2 heterocycles. The number of nitrogens with zero attached hydrogens (tertiary/aromatic N) is 1. The predicted molar refractivity (Wildman–Crippen MR) is 86.7 cm³/mol. The van der Waals surface area contributed by atoms with E-state index in [1.165, 1.54) is 30.6 Å². The summed E-state index contributed by atoms with van der Waals surface area (Å²) in [5.74, 6) is -1.46. The maximum absolute atomic E-state index is 11.8. The Morgan fingerprint density at radius 3 is 2.64 bits per heavy atom. The molecule has 1 amide bonds. The van der Waals surface area contributed by atoms with Crippen LogP contribution in [-0.4, -0.2) is 43.0 Å². The van der Waals surface area contributed by atoms with Gasteiger partial charge in [-0.15, -0.1) is 11.3 Å². The molecular weight excluding hydrogens is 300 g/mol. The van der Waals surface area contributed by atoms with Crippen LogP contribution in [0.15, 0.2) is 17.5 Å². The molecule has 2 rings (SSSR count). The van der Waals surface area contributed by atoms with Crippen LogP contribution in [0.1, 0.15) is 43.5 Å². The number of hydrogen-bond acceptors (Lipinski definition) is 5. The molecule has 22 heavy (non-hydrogen) atoms. The first-order valence-electron chi connectivity index (χ1n) is 7.94. The lowest BCUT2D eigenvalue weighted by atomic mass is 10.2. The second kappa shape index (κ2) is 8.90. The van der Waals surface area contributed by atoms with Crippen molar-refractivity contribution in [1.82, 2.24) is 10.2 Å². The normalized spacial score (nSPS) is 17.5. The van der Waals surface area contributed by atoms with E-state index in [1.807, 2.05) is 11.4 Å². The standard InChI is InChI=1S/C16H24N2O3S/c1-2-21-16(20)15(19)17-12-13(14-8-7-11-22-14)18-9-5-3-4-6-10-18/h7-8,11,13H,2-6,9-10,12H2,1H3,(H,17,19). The van der Waals surface area contributed by atoms with Crippen LogP contribution >= 0.6 is 11.3 Å². The van der Waals surface area contributed by atoms with Crippen LogP contribution in [0.5, 0.6) is 0 Å². The van der Waals surface area contributed by atoms with Gasteiger partial charge in [-0.05, 0) is 44.3 Å². The van der Waals surface area contributed by atoms with Crippen molar-refractivity contribution in [3.8, 4) is 0 Å². The molecule has 0 aliphatic carbocycles. The molecule has 0 spiro atoms. The van der Waals surface area contributed by atoms with Gasteiger partial charge in [0, 0.05) is 11.4 Å². The van der Waals surface area contributed by atoms with E-state index < -0.39 is 11.9 Å². The van der Waals surface area contributed by atoms with Gasteiger partial charge in [-0.25, -0.2) is 4.79 Å². The van der Waals surface area contributed by atoms with Crippen molar-refractivity contribution < 1.29 is 14.3 Å². The fourth-order valence-electron chi connectivity index (χ4n) is 2.76. The van der Waals surface area contributed by atoms with Gasteiger partial charge in [-0.2, -0.15) is 0 Å².